The quantitative estimate of drug-likeness (QED) is 0.836. The fourth-order valence-corrected chi connectivity index (χ4v) is 3.78. The first-order valence-electron chi connectivity index (χ1n) is 8.91. The number of hydrogen-bond acceptors (Lipinski definition) is 4. The van der Waals surface area contributed by atoms with E-state index in [1.165, 1.54) is 0 Å². The summed E-state index contributed by atoms with van der Waals surface area (Å²) in [5.41, 5.74) is 0. The predicted octanol–water partition coefficient (Wildman–Crippen LogP) is 2.50. The van der Waals surface area contributed by atoms with Gasteiger partial charge < -0.3 is 9.80 Å². The van der Waals surface area contributed by atoms with Crippen molar-refractivity contribution in [2.24, 2.45) is 5.92 Å². The van der Waals surface area contributed by atoms with Crippen LogP contribution in [0.4, 0.5) is 5.82 Å². The molecule has 2 saturated heterocycles. The van der Waals surface area contributed by atoms with Crippen LogP contribution in [0.5, 0.6) is 0 Å². The van der Waals surface area contributed by atoms with Gasteiger partial charge in [-0.25, -0.2) is 4.98 Å². The molecule has 0 aromatic carbocycles. The third kappa shape index (κ3) is 4.19. The first-order valence-corrected chi connectivity index (χ1v) is 9.29. The molecule has 1 aromatic heterocycles. The zero-order valence-corrected chi connectivity index (χ0v) is 15.4. The molecule has 2 aliphatic heterocycles. The minimum absolute atomic E-state index is 0.313. The lowest BCUT2D eigenvalue weighted by atomic mass is 9.95. The maximum atomic E-state index is 12.0. The molecule has 0 N–H and O–H groups in total. The summed E-state index contributed by atoms with van der Waals surface area (Å²) in [5.74, 6) is 1.93. The molecule has 1 atom stereocenters. The molecule has 3 rings (SSSR count). The smallest absolute Gasteiger partial charge is 0.222 e. The number of piperidine rings is 1. The summed E-state index contributed by atoms with van der Waals surface area (Å²) in [6.07, 6.45) is 3.45. The third-order valence-electron chi connectivity index (χ3n) is 5.09. The van der Waals surface area contributed by atoms with Crippen molar-refractivity contribution in [1.29, 1.82) is 0 Å². The number of rotatable bonds is 4. The number of hydrogen-bond donors (Lipinski definition) is 0. The van der Waals surface area contributed by atoms with Crippen molar-refractivity contribution in [3.05, 3.63) is 23.4 Å². The van der Waals surface area contributed by atoms with E-state index in [0.29, 0.717) is 29.3 Å². The maximum absolute atomic E-state index is 12.0. The SMILES string of the molecule is CC(C)N1CC(CN2CCN(c3ccc(Cl)cn3)CC2)CCC1=O. The second-order valence-electron chi connectivity index (χ2n) is 7.17. The van der Waals surface area contributed by atoms with Crippen LogP contribution in [0.3, 0.4) is 0 Å². The van der Waals surface area contributed by atoms with E-state index in [1.54, 1.807) is 6.20 Å². The van der Waals surface area contributed by atoms with Crippen LogP contribution in [-0.4, -0.2) is 66.0 Å². The highest BCUT2D eigenvalue weighted by Crippen LogP contribution is 2.22. The van der Waals surface area contributed by atoms with Crippen molar-refractivity contribution in [3.8, 4) is 0 Å². The molecule has 0 aliphatic carbocycles. The second-order valence-corrected chi connectivity index (χ2v) is 7.60. The monoisotopic (exact) mass is 350 g/mol. The van der Waals surface area contributed by atoms with Gasteiger partial charge in [-0.2, -0.15) is 0 Å². The van der Waals surface area contributed by atoms with Crippen LogP contribution in [0.1, 0.15) is 26.7 Å². The zero-order chi connectivity index (χ0) is 17.1. The maximum Gasteiger partial charge on any atom is 0.222 e. The van der Waals surface area contributed by atoms with Gasteiger partial charge in [0.25, 0.3) is 0 Å². The van der Waals surface area contributed by atoms with Crippen molar-refractivity contribution in [3.63, 3.8) is 0 Å². The largest absolute Gasteiger partial charge is 0.354 e. The number of likely N-dealkylation sites (tertiary alicyclic amines) is 1. The van der Waals surface area contributed by atoms with Crippen molar-refractivity contribution >= 4 is 23.3 Å². The van der Waals surface area contributed by atoms with Gasteiger partial charge in [0.05, 0.1) is 5.02 Å². The highest BCUT2D eigenvalue weighted by atomic mass is 35.5. The highest BCUT2D eigenvalue weighted by molar-refractivity contribution is 6.30. The molecule has 24 heavy (non-hydrogen) atoms. The number of carbonyl (C=O) groups excluding carboxylic acids is 1. The molecule has 1 amide bonds. The van der Waals surface area contributed by atoms with Crippen molar-refractivity contribution < 1.29 is 4.79 Å². The lowest BCUT2D eigenvalue weighted by molar-refractivity contribution is -0.136. The Morgan fingerprint density at radius 1 is 1.25 bits per heavy atom. The Morgan fingerprint density at radius 3 is 2.62 bits per heavy atom. The van der Waals surface area contributed by atoms with Gasteiger partial charge in [-0.3, -0.25) is 9.69 Å². The van der Waals surface area contributed by atoms with Gasteiger partial charge in [-0.15, -0.1) is 0 Å². The van der Waals surface area contributed by atoms with E-state index in [0.717, 1.165) is 51.5 Å². The van der Waals surface area contributed by atoms with E-state index >= 15 is 0 Å². The number of aromatic nitrogens is 1. The minimum atomic E-state index is 0.313. The van der Waals surface area contributed by atoms with Crippen LogP contribution in [0.15, 0.2) is 18.3 Å². The van der Waals surface area contributed by atoms with Crippen LogP contribution in [0.25, 0.3) is 0 Å². The lowest BCUT2D eigenvalue weighted by Gasteiger charge is -2.40. The summed E-state index contributed by atoms with van der Waals surface area (Å²) in [7, 11) is 0. The molecule has 0 radical (unpaired) electrons. The van der Waals surface area contributed by atoms with Gasteiger partial charge in [0, 0.05) is 57.9 Å². The Kier molecular flexibility index (Phi) is 5.61. The molecule has 2 fully saturated rings. The van der Waals surface area contributed by atoms with Gasteiger partial charge in [-0.05, 0) is 38.3 Å². The van der Waals surface area contributed by atoms with Gasteiger partial charge >= 0.3 is 0 Å². The van der Waals surface area contributed by atoms with E-state index in [9.17, 15) is 4.79 Å². The second kappa shape index (κ2) is 7.70. The van der Waals surface area contributed by atoms with Crippen LogP contribution in [0.2, 0.25) is 5.02 Å². The van der Waals surface area contributed by atoms with Crippen molar-refractivity contribution in [1.82, 2.24) is 14.8 Å². The normalized spacial score (nSPS) is 23.2. The van der Waals surface area contributed by atoms with Gasteiger partial charge in [0.2, 0.25) is 5.91 Å². The molecular formula is C18H27ClN4O. The summed E-state index contributed by atoms with van der Waals surface area (Å²) in [4.78, 5) is 23.3. The molecule has 132 valence electrons. The summed E-state index contributed by atoms with van der Waals surface area (Å²) >= 11 is 5.91. The number of amides is 1. The van der Waals surface area contributed by atoms with E-state index in [-0.39, 0.29) is 0 Å². The average molecular weight is 351 g/mol. The Morgan fingerprint density at radius 2 is 2.00 bits per heavy atom. The van der Waals surface area contributed by atoms with Crippen LogP contribution >= 0.6 is 11.6 Å². The first-order chi connectivity index (χ1) is 11.5. The molecule has 1 aromatic rings. The van der Waals surface area contributed by atoms with Crippen LogP contribution in [-0.2, 0) is 4.79 Å². The lowest BCUT2D eigenvalue weighted by Crippen LogP contribution is -2.51. The summed E-state index contributed by atoms with van der Waals surface area (Å²) in [5, 5.41) is 0.680. The fourth-order valence-electron chi connectivity index (χ4n) is 3.67. The van der Waals surface area contributed by atoms with E-state index in [4.69, 9.17) is 11.6 Å². The Hall–Kier alpha value is -1.33. The predicted molar refractivity (Wildman–Crippen MR) is 97.5 cm³/mol. The Balaban J connectivity index is 1.48. The molecule has 0 bridgehead atoms. The Labute approximate surface area is 149 Å². The number of pyridine rings is 1. The molecule has 3 heterocycles. The van der Waals surface area contributed by atoms with E-state index in [2.05, 4.69) is 28.6 Å². The molecule has 5 nitrogen and oxygen atoms in total. The van der Waals surface area contributed by atoms with E-state index < -0.39 is 0 Å². The molecule has 0 saturated carbocycles. The first kappa shape index (κ1) is 17.5. The fraction of sp³-hybridized carbons (Fsp3) is 0.667. The van der Waals surface area contributed by atoms with Gasteiger partial charge in [-0.1, -0.05) is 11.6 Å². The average Bonchev–Trinajstić information content (AvgIpc) is 2.58. The zero-order valence-electron chi connectivity index (χ0n) is 14.6. The van der Waals surface area contributed by atoms with Crippen LogP contribution in [0, 0.1) is 5.92 Å². The molecule has 0 spiro atoms. The number of carbonyl (C=O) groups is 1. The number of nitrogens with zero attached hydrogens (tertiary/aromatic N) is 4. The summed E-state index contributed by atoms with van der Waals surface area (Å²) in [6.45, 7) is 10.3. The van der Waals surface area contributed by atoms with Gasteiger partial charge in [0.1, 0.15) is 5.82 Å². The minimum Gasteiger partial charge on any atom is -0.354 e. The molecule has 1 unspecified atom stereocenters. The summed E-state index contributed by atoms with van der Waals surface area (Å²) < 4.78 is 0. The molecule has 6 heteroatoms. The number of halogens is 1. The topological polar surface area (TPSA) is 39.7 Å². The van der Waals surface area contributed by atoms with Crippen molar-refractivity contribution in [2.45, 2.75) is 32.7 Å². The molecule has 2 aliphatic rings. The highest BCUT2D eigenvalue weighted by Gasteiger charge is 2.29. The van der Waals surface area contributed by atoms with Gasteiger partial charge in [0.15, 0.2) is 0 Å². The standard InChI is InChI=1S/C18H27ClN4O/c1-14(2)23-13-15(3-6-18(23)24)12-21-7-9-22(10-8-21)17-5-4-16(19)11-20-17/h4-5,11,14-15H,3,6-10,12-13H2,1-2H3. The number of anilines is 1. The summed E-state index contributed by atoms with van der Waals surface area (Å²) in [6, 6.07) is 4.20. The number of piperazine rings is 1. The Bertz CT molecular complexity index is 555. The third-order valence-corrected chi connectivity index (χ3v) is 5.31. The molecular weight excluding hydrogens is 324 g/mol. The van der Waals surface area contributed by atoms with Crippen molar-refractivity contribution in [2.75, 3.05) is 44.2 Å². The van der Waals surface area contributed by atoms with E-state index in [1.807, 2.05) is 17.0 Å². The van der Waals surface area contributed by atoms with Crippen LogP contribution < -0.4 is 4.90 Å².